The van der Waals surface area contributed by atoms with Gasteiger partial charge in [-0.25, -0.2) is 4.68 Å². The Morgan fingerprint density at radius 3 is 2.81 bits per heavy atom. The highest BCUT2D eigenvalue weighted by Crippen LogP contribution is 2.21. The van der Waals surface area contributed by atoms with Crippen LogP contribution in [0.2, 0.25) is 0 Å². The Balaban J connectivity index is 2.43. The van der Waals surface area contributed by atoms with Crippen molar-refractivity contribution in [1.29, 1.82) is 0 Å². The molecule has 1 aromatic carbocycles. The summed E-state index contributed by atoms with van der Waals surface area (Å²) in [5.41, 5.74) is 10.3. The van der Waals surface area contributed by atoms with Gasteiger partial charge in [-0.2, -0.15) is 0 Å². The molecule has 0 radical (unpaired) electrons. The third kappa shape index (κ3) is 1.97. The van der Waals surface area contributed by atoms with Crippen molar-refractivity contribution in [2.24, 2.45) is 12.8 Å². The Morgan fingerprint density at radius 1 is 1.38 bits per heavy atom. The predicted molar refractivity (Wildman–Crippen MR) is 63.9 cm³/mol. The first-order valence-electron chi connectivity index (χ1n) is 5.37. The Labute approximate surface area is 95.1 Å². The Morgan fingerprint density at radius 2 is 2.19 bits per heavy atom. The molecule has 0 atom stereocenters. The van der Waals surface area contributed by atoms with Gasteiger partial charge in [0.15, 0.2) is 0 Å². The van der Waals surface area contributed by atoms with Crippen LogP contribution in [0.1, 0.15) is 11.1 Å². The summed E-state index contributed by atoms with van der Waals surface area (Å²) in [4.78, 5) is 0. The first kappa shape index (κ1) is 10.8. The number of nitrogens with zero attached hydrogens (tertiary/aromatic N) is 3. The molecule has 1 aromatic heterocycles. The summed E-state index contributed by atoms with van der Waals surface area (Å²) in [5.74, 6) is 0. The molecule has 0 saturated heterocycles. The summed E-state index contributed by atoms with van der Waals surface area (Å²) < 4.78 is 1.77. The van der Waals surface area contributed by atoms with E-state index >= 15 is 0 Å². The molecule has 0 amide bonds. The molecule has 0 aliphatic rings. The molecule has 0 unspecified atom stereocenters. The van der Waals surface area contributed by atoms with Gasteiger partial charge in [0.1, 0.15) is 0 Å². The van der Waals surface area contributed by atoms with Gasteiger partial charge < -0.3 is 5.73 Å². The van der Waals surface area contributed by atoms with Gasteiger partial charge in [-0.05, 0) is 37.1 Å². The molecule has 0 spiro atoms. The maximum atomic E-state index is 5.60. The number of aromatic nitrogens is 3. The maximum absolute atomic E-state index is 5.60. The van der Waals surface area contributed by atoms with Gasteiger partial charge in [-0.15, -0.1) is 5.10 Å². The fraction of sp³-hybridized carbons (Fsp3) is 0.333. The zero-order valence-electron chi connectivity index (χ0n) is 9.64. The largest absolute Gasteiger partial charge is 0.330 e. The smallest absolute Gasteiger partial charge is 0.0882 e. The second-order valence-corrected chi connectivity index (χ2v) is 3.92. The van der Waals surface area contributed by atoms with Crippen molar-refractivity contribution in [3.05, 3.63) is 35.5 Å². The topological polar surface area (TPSA) is 56.7 Å². The first-order valence-corrected chi connectivity index (χ1v) is 5.37. The van der Waals surface area contributed by atoms with Gasteiger partial charge in [0, 0.05) is 12.6 Å². The van der Waals surface area contributed by atoms with Gasteiger partial charge in [-0.1, -0.05) is 17.3 Å². The SMILES string of the molecule is Cc1ccc(-c2cnnn2C)cc1CCN. The van der Waals surface area contributed by atoms with E-state index in [1.54, 1.807) is 10.9 Å². The normalized spacial score (nSPS) is 10.7. The lowest BCUT2D eigenvalue weighted by Gasteiger charge is -2.07. The third-order valence-electron chi connectivity index (χ3n) is 2.77. The molecule has 2 N–H and O–H groups in total. The quantitative estimate of drug-likeness (QED) is 0.841. The predicted octanol–water partition coefficient (Wildman–Crippen LogP) is 1.29. The summed E-state index contributed by atoms with van der Waals surface area (Å²) in [6.45, 7) is 2.78. The molecule has 2 rings (SSSR count). The van der Waals surface area contributed by atoms with E-state index in [2.05, 4.69) is 35.4 Å². The second kappa shape index (κ2) is 4.45. The lowest BCUT2D eigenvalue weighted by Crippen LogP contribution is -2.04. The number of hydrogen-bond donors (Lipinski definition) is 1. The standard InChI is InChI=1S/C12H16N4/c1-9-3-4-11(7-10(9)5-6-13)12-8-14-15-16(12)2/h3-4,7-8H,5-6,13H2,1-2H3. The highest BCUT2D eigenvalue weighted by molar-refractivity contribution is 5.60. The lowest BCUT2D eigenvalue weighted by atomic mass is 10.0. The van der Waals surface area contributed by atoms with Crippen molar-refractivity contribution in [3.8, 4) is 11.3 Å². The van der Waals surface area contributed by atoms with E-state index in [4.69, 9.17) is 5.73 Å². The van der Waals surface area contributed by atoms with Crippen molar-refractivity contribution < 1.29 is 0 Å². The Kier molecular flexibility index (Phi) is 3.01. The summed E-state index contributed by atoms with van der Waals surface area (Å²) in [6, 6.07) is 6.38. The molecule has 1 heterocycles. The molecule has 4 nitrogen and oxygen atoms in total. The zero-order valence-corrected chi connectivity index (χ0v) is 9.64. The van der Waals surface area contributed by atoms with Gasteiger partial charge in [0.2, 0.25) is 0 Å². The van der Waals surface area contributed by atoms with Crippen molar-refractivity contribution >= 4 is 0 Å². The molecule has 0 bridgehead atoms. The summed E-state index contributed by atoms with van der Waals surface area (Å²) in [5, 5.41) is 7.82. The molecule has 0 fully saturated rings. The Bertz CT molecular complexity index is 488. The maximum Gasteiger partial charge on any atom is 0.0882 e. The van der Waals surface area contributed by atoms with Gasteiger partial charge in [0.05, 0.1) is 11.9 Å². The van der Waals surface area contributed by atoms with E-state index in [1.165, 1.54) is 11.1 Å². The van der Waals surface area contributed by atoms with Crippen LogP contribution < -0.4 is 5.73 Å². The summed E-state index contributed by atoms with van der Waals surface area (Å²) >= 11 is 0. The first-order chi connectivity index (χ1) is 7.72. The highest BCUT2D eigenvalue weighted by atomic mass is 15.4. The molecule has 4 heteroatoms. The minimum absolute atomic E-state index is 0.675. The lowest BCUT2D eigenvalue weighted by molar-refractivity contribution is 0.720. The van der Waals surface area contributed by atoms with Crippen LogP contribution >= 0.6 is 0 Å². The minimum atomic E-state index is 0.675. The summed E-state index contributed by atoms with van der Waals surface area (Å²) in [6.07, 6.45) is 2.68. The monoisotopic (exact) mass is 216 g/mol. The average molecular weight is 216 g/mol. The van der Waals surface area contributed by atoms with Crippen LogP contribution in [0.5, 0.6) is 0 Å². The van der Waals surface area contributed by atoms with Crippen molar-refractivity contribution in [2.45, 2.75) is 13.3 Å². The van der Waals surface area contributed by atoms with Crippen LogP contribution in [0.3, 0.4) is 0 Å². The minimum Gasteiger partial charge on any atom is -0.330 e. The van der Waals surface area contributed by atoms with Gasteiger partial charge in [0.25, 0.3) is 0 Å². The van der Waals surface area contributed by atoms with Crippen LogP contribution in [0.15, 0.2) is 24.4 Å². The fourth-order valence-electron chi connectivity index (χ4n) is 1.81. The second-order valence-electron chi connectivity index (χ2n) is 3.92. The number of aryl methyl sites for hydroxylation is 2. The molecule has 84 valence electrons. The highest BCUT2D eigenvalue weighted by Gasteiger charge is 2.05. The van der Waals surface area contributed by atoms with E-state index in [-0.39, 0.29) is 0 Å². The van der Waals surface area contributed by atoms with Crippen LogP contribution in [-0.4, -0.2) is 21.5 Å². The number of nitrogens with two attached hydrogens (primary N) is 1. The molecular formula is C12H16N4. The fourth-order valence-corrected chi connectivity index (χ4v) is 1.81. The third-order valence-corrected chi connectivity index (χ3v) is 2.77. The van der Waals surface area contributed by atoms with Crippen LogP contribution in [0.4, 0.5) is 0 Å². The molecule has 0 aliphatic carbocycles. The van der Waals surface area contributed by atoms with E-state index in [0.29, 0.717) is 6.54 Å². The van der Waals surface area contributed by atoms with Crippen molar-refractivity contribution in [3.63, 3.8) is 0 Å². The van der Waals surface area contributed by atoms with Crippen molar-refractivity contribution in [2.75, 3.05) is 6.54 Å². The number of rotatable bonds is 3. The van der Waals surface area contributed by atoms with Crippen LogP contribution in [0, 0.1) is 6.92 Å². The van der Waals surface area contributed by atoms with Gasteiger partial charge in [-0.3, -0.25) is 0 Å². The van der Waals surface area contributed by atoms with E-state index < -0.39 is 0 Å². The average Bonchev–Trinajstić information content (AvgIpc) is 2.68. The van der Waals surface area contributed by atoms with Crippen LogP contribution in [0.25, 0.3) is 11.3 Å². The van der Waals surface area contributed by atoms with Gasteiger partial charge >= 0.3 is 0 Å². The Hall–Kier alpha value is -1.68. The summed E-state index contributed by atoms with van der Waals surface area (Å²) in [7, 11) is 1.89. The molecule has 2 aromatic rings. The number of hydrogen-bond acceptors (Lipinski definition) is 3. The van der Waals surface area contributed by atoms with E-state index in [0.717, 1.165) is 17.7 Å². The van der Waals surface area contributed by atoms with Crippen LogP contribution in [-0.2, 0) is 13.5 Å². The van der Waals surface area contributed by atoms with E-state index in [1.807, 2.05) is 7.05 Å². The number of benzene rings is 1. The molecule has 0 aliphatic heterocycles. The molecular weight excluding hydrogens is 200 g/mol. The zero-order chi connectivity index (χ0) is 11.5. The van der Waals surface area contributed by atoms with Crippen molar-refractivity contribution in [1.82, 2.24) is 15.0 Å². The molecule has 16 heavy (non-hydrogen) atoms. The van der Waals surface area contributed by atoms with E-state index in [9.17, 15) is 0 Å². The molecule has 0 saturated carbocycles.